The first-order valence-electron chi connectivity index (χ1n) is 8.75. The van der Waals surface area contributed by atoms with Crippen molar-refractivity contribution in [2.45, 2.75) is 19.8 Å². The van der Waals surface area contributed by atoms with Gasteiger partial charge in [0.1, 0.15) is 5.82 Å². The van der Waals surface area contributed by atoms with Gasteiger partial charge in [-0.25, -0.2) is 4.39 Å². The molecule has 1 heterocycles. The highest BCUT2D eigenvalue weighted by atomic mass is 19.1. The molecule has 6 heteroatoms. The van der Waals surface area contributed by atoms with Gasteiger partial charge in [0.05, 0.1) is 5.69 Å². The summed E-state index contributed by atoms with van der Waals surface area (Å²) in [6, 6.07) is 13.1. The molecule has 2 aromatic rings. The summed E-state index contributed by atoms with van der Waals surface area (Å²) in [5, 5.41) is 4.79. The summed E-state index contributed by atoms with van der Waals surface area (Å²) in [7, 11) is 0. The minimum Gasteiger partial charge on any atom is -0.372 e. The molecule has 0 aromatic heterocycles. The molecule has 0 atom stereocenters. The van der Waals surface area contributed by atoms with Gasteiger partial charge in [-0.3, -0.25) is 9.59 Å². The summed E-state index contributed by atoms with van der Waals surface area (Å²) in [5.41, 5.74) is 1.60. The maximum absolute atomic E-state index is 13.5. The quantitative estimate of drug-likeness (QED) is 0.827. The van der Waals surface area contributed by atoms with Gasteiger partial charge in [-0.1, -0.05) is 19.1 Å². The van der Waals surface area contributed by atoms with Crippen LogP contribution >= 0.6 is 0 Å². The second-order valence-corrected chi connectivity index (χ2v) is 6.60. The maximum Gasteiger partial charge on any atom is 0.314 e. The monoisotopic (exact) mass is 355 g/mol. The number of anilines is 3. The minimum absolute atomic E-state index is 0.0256. The van der Waals surface area contributed by atoms with Crippen LogP contribution in [0.1, 0.15) is 19.8 Å². The van der Waals surface area contributed by atoms with Gasteiger partial charge in [0.15, 0.2) is 0 Å². The van der Waals surface area contributed by atoms with Crippen LogP contribution < -0.4 is 15.5 Å². The number of carbonyl (C=O) groups is 2. The zero-order chi connectivity index (χ0) is 18.5. The number of piperidine rings is 1. The Labute approximate surface area is 152 Å². The Kier molecular flexibility index (Phi) is 5.51. The van der Waals surface area contributed by atoms with E-state index in [1.807, 2.05) is 12.1 Å². The van der Waals surface area contributed by atoms with E-state index in [0.717, 1.165) is 24.7 Å². The summed E-state index contributed by atoms with van der Waals surface area (Å²) < 4.78 is 13.5. The molecule has 0 unspecified atom stereocenters. The van der Waals surface area contributed by atoms with E-state index in [9.17, 15) is 14.0 Å². The second kappa shape index (κ2) is 7.99. The second-order valence-electron chi connectivity index (χ2n) is 6.60. The first-order valence-corrected chi connectivity index (χ1v) is 8.75. The van der Waals surface area contributed by atoms with Crippen molar-refractivity contribution in [3.05, 3.63) is 54.3 Å². The number of benzene rings is 2. The molecular formula is C20H22FN3O2. The lowest BCUT2D eigenvalue weighted by molar-refractivity contribution is -0.133. The summed E-state index contributed by atoms with van der Waals surface area (Å²) in [4.78, 5) is 26.2. The highest BCUT2D eigenvalue weighted by Crippen LogP contribution is 2.24. The van der Waals surface area contributed by atoms with Crippen LogP contribution in [-0.4, -0.2) is 24.9 Å². The third-order valence-electron chi connectivity index (χ3n) is 4.60. The Bertz CT molecular complexity index is 784. The van der Waals surface area contributed by atoms with E-state index in [1.54, 1.807) is 18.2 Å². The average molecular weight is 355 g/mol. The maximum atomic E-state index is 13.5. The molecule has 2 amide bonds. The van der Waals surface area contributed by atoms with E-state index < -0.39 is 17.6 Å². The third-order valence-corrected chi connectivity index (χ3v) is 4.60. The number of para-hydroxylation sites is 1. The fraction of sp³-hybridized carbons (Fsp3) is 0.300. The Hall–Kier alpha value is -2.89. The Balaban J connectivity index is 1.57. The molecule has 1 aliphatic heterocycles. The van der Waals surface area contributed by atoms with Gasteiger partial charge in [0.25, 0.3) is 0 Å². The van der Waals surface area contributed by atoms with Crippen molar-refractivity contribution in [3.63, 3.8) is 0 Å². The first kappa shape index (κ1) is 17.9. The van der Waals surface area contributed by atoms with Crippen molar-refractivity contribution < 1.29 is 14.0 Å². The van der Waals surface area contributed by atoms with Gasteiger partial charge < -0.3 is 15.5 Å². The highest BCUT2D eigenvalue weighted by molar-refractivity contribution is 6.43. The number of halogens is 1. The molecule has 1 fully saturated rings. The van der Waals surface area contributed by atoms with Crippen LogP contribution in [0, 0.1) is 11.7 Å². The Morgan fingerprint density at radius 1 is 0.962 bits per heavy atom. The number of nitrogens with one attached hydrogen (secondary N) is 2. The largest absolute Gasteiger partial charge is 0.372 e. The summed E-state index contributed by atoms with van der Waals surface area (Å²) >= 11 is 0. The Morgan fingerprint density at radius 3 is 2.23 bits per heavy atom. The molecule has 0 radical (unpaired) electrons. The van der Waals surface area contributed by atoms with Gasteiger partial charge in [-0.2, -0.15) is 0 Å². The van der Waals surface area contributed by atoms with Crippen LogP contribution in [-0.2, 0) is 9.59 Å². The molecule has 26 heavy (non-hydrogen) atoms. The van der Waals surface area contributed by atoms with E-state index in [-0.39, 0.29) is 5.69 Å². The van der Waals surface area contributed by atoms with E-state index in [0.29, 0.717) is 5.69 Å². The molecule has 2 N–H and O–H groups in total. The molecule has 136 valence electrons. The van der Waals surface area contributed by atoms with Crippen molar-refractivity contribution in [2.75, 3.05) is 28.6 Å². The van der Waals surface area contributed by atoms with Crippen molar-refractivity contribution in [2.24, 2.45) is 5.92 Å². The predicted molar refractivity (Wildman–Crippen MR) is 101 cm³/mol. The SMILES string of the molecule is CC1CCN(c2ccc(NC(=O)C(=O)Nc3ccccc3F)cc2)CC1. The normalized spacial score (nSPS) is 14.8. The third kappa shape index (κ3) is 4.39. The van der Waals surface area contributed by atoms with Crippen LogP contribution in [0.25, 0.3) is 0 Å². The number of rotatable bonds is 3. The van der Waals surface area contributed by atoms with Crippen LogP contribution in [0.15, 0.2) is 48.5 Å². The lowest BCUT2D eigenvalue weighted by atomic mass is 9.99. The van der Waals surface area contributed by atoms with Crippen molar-refractivity contribution >= 4 is 28.9 Å². The van der Waals surface area contributed by atoms with Crippen LogP contribution in [0.2, 0.25) is 0 Å². The molecule has 0 saturated carbocycles. The molecule has 0 aliphatic carbocycles. The molecule has 1 saturated heterocycles. The van der Waals surface area contributed by atoms with Gasteiger partial charge in [0, 0.05) is 24.5 Å². The molecule has 0 bridgehead atoms. The summed E-state index contributed by atoms with van der Waals surface area (Å²) in [6.45, 7) is 4.32. The van der Waals surface area contributed by atoms with Crippen LogP contribution in [0.5, 0.6) is 0 Å². The number of hydrogen-bond donors (Lipinski definition) is 2. The van der Waals surface area contributed by atoms with Gasteiger partial charge in [-0.05, 0) is 55.2 Å². The van der Waals surface area contributed by atoms with Crippen LogP contribution in [0.4, 0.5) is 21.5 Å². The lowest BCUT2D eigenvalue weighted by Crippen LogP contribution is -2.32. The minimum atomic E-state index is -0.913. The molecule has 3 rings (SSSR count). The number of nitrogens with zero attached hydrogens (tertiary/aromatic N) is 1. The molecule has 1 aliphatic rings. The lowest BCUT2D eigenvalue weighted by Gasteiger charge is -2.32. The first-order chi connectivity index (χ1) is 12.5. The molecule has 5 nitrogen and oxygen atoms in total. The average Bonchev–Trinajstić information content (AvgIpc) is 2.65. The summed E-state index contributed by atoms with van der Waals surface area (Å²) in [5.74, 6) is -1.58. The highest BCUT2D eigenvalue weighted by Gasteiger charge is 2.17. The van der Waals surface area contributed by atoms with Gasteiger partial charge in [-0.15, -0.1) is 0 Å². The predicted octanol–water partition coefficient (Wildman–Crippen LogP) is 3.64. The van der Waals surface area contributed by atoms with Gasteiger partial charge >= 0.3 is 11.8 Å². The van der Waals surface area contributed by atoms with E-state index in [2.05, 4.69) is 22.5 Å². The Morgan fingerprint density at radius 2 is 1.58 bits per heavy atom. The number of amides is 2. The smallest absolute Gasteiger partial charge is 0.314 e. The number of hydrogen-bond acceptors (Lipinski definition) is 3. The fourth-order valence-corrected chi connectivity index (χ4v) is 2.95. The van der Waals surface area contributed by atoms with Crippen LogP contribution in [0.3, 0.4) is 0 Å². The fourth-order valence-electron chi connectivity index (χ4n) is 2.95. The van der Waals surface area contributed by atoms with E-state index in [4.69, 9.17) is 0 Å². The summed E-state index contributed by atoms with van der Waals surface area (Å²) in [6.07, 6.45) is 2.35. The van der Waals surface area contributed by atoms with Crippen molar-refractivity contribution in [1.29, 1.82) is 0 Å². The standard InChI is InChI=1S/C20H22FN3O2/c1-14-10-12-24(13-11-14)16-8-6-15(7-9-16)22-19(25)20(26)23-18-5-3-2-4-17(18)21/h2-9,14H,10-13H2,1H3,(H,22,25)(H,23,26). The van der Waals surface area contributed by atoms with Crippen molar-refractivity contribution in [3.8, 4) is 0 Å². The molecular weight excluding hydrogens is 333 g/mol. The zero-order valence-electron chi connectivity index (χ0n) is 14.7. The molecule has 2 aromatic carbocycles. The topological polar surface area (TPSA) is 61.4 Å². The van der Waals surface area contributed by atoms with Gasteiger partial charge in [0.2, 0.25) is 0 Å². The zero-order valence-corrected chi connectivity index (χ0v) is 14.7. The van der Waals surface area contributed by atoms with E-state index in [1.165, 1.54) is 31.0 Å². The van der Waals surface area contributed by atoms with E-state index >= 15 is 0 Å². The number of carbonyl (C=O) groups excluding carboxylic acids is 2. The van der Waals surface area contributed by atoms with Crippen molar-refractivity contribution in [1.82, 2.24) is 0 Å². The molecule has 0 spiro atoms.